The maximum absolute atomic E-state index is 14.3. The van der Waals surface area contributed by atoms with Gasteiger partial charge >= 0.3 is 0 Å². The first-order chi connectivity index (χ1) is 34.1. The van der Waals surface area contributed by atoms with E-state index in [1.807, 2.05) is 0 Å². The van der Waals surface area contributed by atoms with Crippen LogP contribution < -0.4 is 87.6 Å². The molecule has 1 saturated heterocycles. The zero-order valence-electron chi connectivity index (χ0n) is 40.9. The number of hydrogen-bond acceptors (Lipinski definition) is 18. The molecule has 0 unspecified atom stereocenters. The lowest BCUT2D eigenvalue weighted by molar-refractivity contribution is -0.136. The van der Waals surface area contributed by atoms with Crippen LogP contribution in [0.1, 0.15) is 58.4 Å². The van der Waals surface area contributed by atoms with Crippen LogP contribution in [-0.2, 0) is 54.4 Å². The molecule has 1 aromatic carbocycles. The highest BCUT2D eigenvalue weighted by molar-refractivity contribution is 5.99. The quantitative estimate of drug-likeness (QED) is 0.0577. The minimum absolute atomic E-state index is 0.0529. The van der Waals surface area contributed by atoms with E-state index in [-0.39, 0.29) is 64.2 Å². The Hall–Kier alpha value is -6.40. The molecule has 28 heteroatoms. The van der Waals surface area contributed by atoms with Crippen LogP contribution in [0, 0.1) is 5.92 Å². The second kappa shape index (κ2) is 31.8. The van der Waals surface area contributed by atoms with Crippen LogP contribution in [0.25, 0.3) is 0 Å². The van der Waals surface area contributed by atoms with Gasteiger partial charge in [-0.2, -0.15) is 0 Å². The third-order valence-corrected chi connectivity index (χ3v) is 11.2. The summed E-state index contributed by atoms with van der Waals surface area (Å²) in [5, 5.41) is 45.2. The van der Waals surface area contributed by atoms with Crippen LogP contribution in [-0.4, -0.2) is 182 Å². The van der Waals surface area contributed by atoms with Gasteiger partial charge in [0, 0.05) is 26.1 Å². The number of aliphatic hydroxyl groups excluding tert-OH is 2. The highest BCUT2D eigenvalue weighted by Crippen LogP contribution is 2.11. The fourth-order valence-electron chi connectivity index (χ4n) is 7.16. The number of nitrogens with two attached hydrogens (primary N) is 6. The maximum atomic E-state index is 14.3. The van der Waals surface area contributed by atoms with Gasteiger partial charge < -0.3 is 97.8 Å². The van der Waals surface area contributed by atoms with E-state index in [0.29, 0.717) is 5.56 Å². The Bertz CT molecular complexity index is 1980. The van der Waals surface area contributed by atoms with Gasteiger partial charge in [-0.05, 0) is 70.1 Å². The molecule has 24 N–H and O–H groups in total. The van der Waals surface area contributed by atoms with E-state index < -0.39 is 152 Å². The molecular formula is C44H76N16O12. The summed E-state index contributed by atoms with van der Waals surface area (Å²) in [6, 6.07) is -6.16. The van der Waals surface area contributed by atoms with Crippen LogP contribution >= 0.6 is 0 Å². The molecular weight excluding hydrogens is 945 g/mol. The minimum Gasteiger partial charge on any atom is -0.394 e. The van der Waals surface area contributed by atoms with E-state index in [1.54, 1.807) is 44.2 Å². The van der Waals surface area contributed by atoms with Gasteiger partial charge in [0.25, 0.3) is 0 Å². The fourth-order valence-corrected chi connectivity index (χ4v) is 7.16. The van der Waals surface area contributed by atoms with Crippen LogP contribution in [0.15, 0.2) is 30.3 Å². The molecule has 0 aromatic heterocycles. The van der Waals surface area contributed by atoms with E-state index in [2.05, 4.69) is 53.2 Å². The minimum atomic E-state index is -1.67. The molecule has 10 amide bonds. The first kappa shape index (κ1) is 61.7. The van der Waals surface area contributed by atoms with Gasteiger partial charge in [-0.1, -0.05) is 44.2 Å². The highest BCUT2D eigenvalue weighted by Gasteiger charge is 2.36. The summed E-state index contributed by atoms with van der Waals surface area (Å²) in [6.07, 6.45) is -2.57. The average molecular weight is 1020 g/mol. The summed E-state index contributed by atoms with van der Waals surface area (Å²) < 4.78 is 0. The normalized spacial score (nSPS) is 24.1. The maximum Gasteiger partial charge on any atom is 0.245 e. The molecule has 1 aromatic rings. The Morgan fingerprint density at radius 2 is 1.08 bits per heavy atom. The Labute approximate surface area is 417 Å². The highest BCUT2D eigenvalue weighted by atomic mass is 16.3. The summed E-state index contributed by atoms with van der Waals surface area (Å²) in [5.41, 5.74) is 35.0. The summed E-state index contributed by atoms with van der Waals surface area (Å²) in [5.74, 6) is -9.60. The summed E-state index contributed by atoms with van der Waals surface area (Å²) in [4.78, 5) is 137. The van der Waals surface area contributed by atoms with Crippen molar-refractivity contribution in [2.24, 2.45) is 40.3 Å². The molecule has 1 fully saturated rings. The second-order valence-corrected chi connectivity index (χ2v) is 17.6. The van der Waals surface area contributed by atoms with Gasteiger partial charge in [0.05, 0.1) is 18.8 Å². The van der Waals surface area contributed by atoms with Crippen molar-refractivity contribution in [3.05, 3.63) is 35.9 Å². The molecule has 0 spiro atoms. The average Bonchev–Trinajstić information content (AvgIpc) is 3.34. The zero-order valence-corrected chi connectivity index (χ0v) is 40.9. The number of carbonyl (C=O) groups excluding carboxylic acids is 10. The summed E-state index contributed by atoms with van der Waals surface area (Å²) in [6.45, 7) is 2.06. The van der Waals surface area contributed by atoms with Crippen LogP contribution in [0.4, 0.5) is 0 Å². The molecule has 1 aliphatic rings. The van der Waals surface area contributed by atoms with Crippen molar-refractivity contribution in [3.63, 3.8) is 0 Å². The Kier molecular flexibility index (Phi) is 27.3. The smallest absolute Gasteiger partial charge is 0.245 e. The molecule has 0 aliphatic carbocycles. The van der Waals surface area contributed by atoms with Crippen molar-refractivity contribution in [2.45, 2.75) is 126 Å². The Morgan fingerprint density at radius 1 is 0.611 bits per heavy atom. The summed E-state index contributed by atoms with van der Waals surface area (Å²) in [7, 11) is 0. The lowest BCUT2D eigenvalue weighted by Crippen LogP contribution is -2.62. The van der Waals surface area contributed by atoms with Crippen molar-refractivity contribution < 1.29 is 58.2 Å². The van der Waals surface area contributed by atoms with Crippen LogP contribution in [0.5, 0.6) is 0 Å². The van der Waals surface area contributed by atoms with Crippen molar-refractivity contribution in [1.29, 1.82) is 0 Å². The molecule has 72 heavy (non-hydrogen) atoms. The predicted molar refractivity (Wildman–Crippen MR) is 260 cm³/mol. The fraction of sp³-hybridized carbons (Fsp3) is 0.636. The zero-order chi connectivity index (χ0) is 54.1. The molecule has 1 heterocycles. The van der Waals surface area contributed by atoms with Gasteiger partial charge in [-0.3, -0.25) is 47.9 Å². The molecule has 11 atom stereocenters. The van der Waals surface area contributed by atoms with Crippen molar-refractivity contribution in [3.8, 4) is 0 Å². The second-order valence-electron chi connectivity index (χ2n) is 17.6. The number of carbonyl (C=O) groups is 10. The third kappa shape index (κ3) is 20.4. The van der Waals surface area contributed by atoms with Gasteiger partial charge in [0.15, 0.2) is 0 Å². The van der Waals surface area contributed by atoms with Crippen LogP contribution in [0.3, 0.4) is 0 Å². The topological polar surface area (TPSA) is 488 Å². The van der Waals surface area contributed by atoms with Gasteiger partial charge in [-0.25, -0.2) is 0 Å². The number of nitrogens with one attached hydrogen (secondary N) is 10. The lowest BCUT2D eigenvalue weighted by atomic mass is 10.00. The van der Waals surface area contributed by atoms with Gasteiger partial charge in [0.1, 0.15) is 54.4 Å². The number of benzene rings is 1. The number of hydrogen-bond donors (Lipinski definition) is 18. The van der Waals surface area contributed by atoms with E-state index >= 15 is 0 Å². The van der Waals surface area contributed by atoms with Crippen molar-refractivity contribution >= 4 is 59.1 Å². The molecule has 28 nitrogen and oxygen atoms in total. The standard InChI is InChI=1S/C44H76N16O12/c1-22(2)17-30-40(68)54-26(9-13-45)36(64)53-28(11-15-47)39(67)60-34(23(3)62)44(72)51-16-12-29(55-42(70)32(20-49)58-43(71)33(21-61)59-35(63)25(50)19-48)38(66)52-27(10-14-46)37(65)57-31(41(69)56-30)18-24-7-5-4-6-8-24/h4-8,22-23,25-34,61-62H,9-21,45-50H2,1-3H3,(H,51,72)(H,52,66)(H,53,64)(H,54,68)(H,55,70)(H,56,69)(H,57,65)(H,58,71)(H,59,63)(H,60,67)/t23-,25+,26+,27+,28+,29+,30+,31-,32+,33+,34+/m1/s1. The Morgan fingerprint density at radius 3 is 1.57 bits per heavy atom. The van der Waals surface area contributed by atoms with Gasteiger partial charge in [0.2, 0.25) is 59.1 Å². The number of aliphatic hydroxyl groups is 2. The van der Waals surface area contributed by atoms with Crippen LogP contribution in [0.2, 0.25) is 0 Å². The first-order valence-corrected chi connectivity index (χ1v) is 23.7. The molecule has 404 valence electrons. The van der Waals surface area contributed by atoms with Crippen molar-refractivity contribution in [1.82, 2.24) is 53.2 Å². The predicted octanol–water partition coefficient (Wildman–Crippen LogP) is -9.18. The largest absolute Gasteiger partial charge is 0.394 e. The third-order valence-electron chi connectivity index (χ3n) is 11.2. The Balaban J connectivity index is 2.71. The van der Waals surface area contributed by atoms with Crippen molar-refractivity contribution in [2.75, 3.05) is 45.9 Å². The first-order valence-electron chi connectivity index (χ1n) is 23.7. The monoisotopic (exact) mass is 1020 g/mol. The molecule has 0 radical (unpaired) electrons. The van der Waals surface area contributed by atoms with Gasteiger partial charge in [-0.15, -0.1) is 0 Å². The molecule has 0 saturated carbocycles. The molecule has 2 rings (SSSR count). The van der Waals surface area contributed by atoms with E-state index in [1.165, 1.54) is 6.92 Å². The molecule has 1 aliphatic heterocycles. The van der Waals surface area contributed by atoms with E-state index in [4.69, 9.17) is 34.4 Å². The SMILES string of the molecule is CC(C)C[C@@H]1NC(=O)[C@@H](Cc2ccccc2)NC(=O)[C@H](CCN)NC(=O)[C@@H](NC(=O)[C@H](CN)NC(=O)[C@H](CO)NC(=O)[C@@H](N)CN)CCNC(=O)[C@H]([C@@H](C)O)NC(=O)[C@H](CCN)NC(=O)[C@H](CCN)NC1=O. The summed E-state index contributed by atoms with van der Waals surface area (Å²) >= 11 is 0. The van der Waals surface area contributed by atoms with E-state index in [9.17, 15) is 58.2 Å². The number of rotatable bonds is 20. The number of amides is 10. The van der Waals surface area contributed by atoms with E-state index in [0.717, 1.165) is 0 Å². The lowest BCUT2D eigenvalue weighted by Gasteiger charge is -2.28. The molecule has 0 bridgehead atoms.